The normalized spacial score (nSPS) is 10.3. The van der Waals surface area contributed by atoms with E-state index < -0.39 is 5.82 Å². The molecule has 0 atom stereocenters. The highest BCUT2D eigenvalue weighted by molar-refractivity contribution is 9.10. The van der Waals surface area contributed by atoms with Crippen molar-refractivity contribution in [2.45, 2.75) is 0 Å². The van der Waals surface area contributed by atoms with Gasteiger partial charge in [0.05, 0.1) is 29.3 Å². The summed E-state index contributed by atoms with van der Waals surface area (Å²) in [5.41, 5.74) is 0.573. The van der Waals surface area contributed by atoms with E-state index in [4.69, 9.17) is 21.1 Å². The van der Waals surface area contributed by atoms with Crippen LogP contribution in [-0.2, 0) is 0 Å². The first-order chi connectivity index (χ1) is 9.97. The minimum Gasteiger partial charge on any atom is -0.496 e. The van der Waals surface area contributed by atoms with Gasteiger partial charge in [0.25, 0.3) is 0 Å². The van der Waals surface area contributed by atoms with Gasteiger partial charge in [0, 0.05) is 5.56 Å². The van der Waals surface area contributed by atoms with Crippen molar-refractivity contribution in [2.75, 3.05) is 14.2 Å². The average Bonchev–Trinajstić information content (AvgIpc) is 2.49. The molecule has 0 aliphatic heterocycles. The SMILES string of the molecule is COc1cc(C(=O)c2ccc(F)c(Cl)c2)c(OC)cc1Br. The van der Waals surface area contributed by atoms with Crippen LogP contribution in [0.1, 0.15) is 15.9 Å². The minimum absolute atomic E-state index is 0.108. The van der Waals surface area contributed by atoms with Gasteiger partial charge >= 0.3 is 0 Å². The lowest BCUT2D eigenvalue weighted by molar-refractivity contribution is 0.103. The molecule has 0 unspecified atom stereocenters. The Balaban J connectivity index is 2.53. The zero-order valence-corrected chi connectivity index (χ0v) is 13.6. The molecule has 0 aliphatic rings. The Morgan fingerprint density at radius 2 is 1.81 bits per heavy atom. The van der Waals surface area contributed by atoms with Crippen LogP contribution in [0, 0.1) is 5.82 Å². The van der Waals surface area contributed by atoms with E-state index in [1.807, 2.05) is 0 Å². The predicted molar refractivity (Wildman–Crippen MR) is 82.1 cm³/mol. The van der Waals surface area contributed by atoms with Gasteiger partial charge in [0.1, 0.15) is 17.3 Å². The molecule has 2 aromatic rings. The fourth-order valence-electron chi connectivity index (χ4n) is 1.83. The van der Waals surface area contributed by atoms with Gasteiger partial charge in [-0.05, 0) is 46.3 Å². The summed E-state index contributed by atoms with van der Waals surface area (Å²) in [6, 6.07) is 7.00. The third kappa shape index (κ3) is 3.19. The maximum absolute atomic E-state index is 13.2. The van der Waals surface area contributed by atoms with Crippen LogP contribution in [0.2, 0.25) is 5.02 Å². The van der Waals surface area contributed by atoms with Gasteiger partial charge in [0.15, 0.2) is 5.78 Å². The number of ether oxygens (including phenoxy) is 2. The minimum atomic E-state index is -0.575. The van der Waals surface area contributed by atoms with Gasteiger partial charge < -0.3 is 9.47 Å². The lowest BCUT2D eigenvalue weighted by atomic mass is 10.0. The van der Waals surface area contributed by atoms with Crippen molar-refractivity contribution in [1.29, 1.82) is 0 Å². The second kappa shape index (κ2) is 6.45. The second-order valence-electron chi connectivity index (χ2n) is 4.15. The van der Waals surface area contributed by atoms with Crippen LogP contribution in [0.5, 0.6) is 11.5 Å². The number of carbonyl (C=O) groups is 1. The predicted octanol–water partition coefficient (Wildman–Crippen LogP) is 4.49. The summed E-state index contributed by atoms with van der Waals surface area (Å²) < 4.78 is 24.2. The molecule has 0 N–H and O–H groups in total. The van der Waals surface area contributed by atoms with Crippen LogP contribution in [0.4, 0.5) is 4.39 Å². The van der Waals surface area contributed by atoms with Gasteiger partial charge in [-0.25, -0.2) is 4.39 Å². The molecule has 0 aliphatic carbocycles. The van der Waals surface area contributed by atoms with Crippen molar-refractivity contribution in [1.82, 2.24) is 0 Å². The second-order valence-corrected chi connectivity index (χ2v) is 5.41. The quantitative estimate of drug-likeness (QED) is 0.741. The fourth-order valence-corrected chi connectivity index (χ4v) is 2.50. The fraction of sp³-hybridized carbons (Fsp3) is 0.133. The summed E-state index contributed by atoms with van der Waals surface area (Å²) in [4.78, 5) is 12.5. The van der Waals surface area contributed by atoms with E-state index in [0.717, 1.165) is 6.07 Å². The molecule has 0 spiro atoms. The monoisotopic (exact) mass is 372 g/mol. The maximum atomic E-state index is 13.2. The lowest BCUT2D eigenvalue weighted by Crippen LogP contribution is -2.05. The van der Waals surface area contributed by atoms with Crippen molar-refractivity contribution >= 4 is 33.3 Å². The molecule has 0 bridgehead atoms. The largest absolute Gasteiger partial charge is 0.496 e. The van der Waals surface area contributed by atoms with Crippen LogP contribution >= 0.6 is 27.5 Å². The zero-order valence-electron chi connectivity index (χ0n) is 11.2. The lowest BCUT2D eigenvalue weighted by Gasteiger charge is -2.12. The summed E-state index contributed by atoms with van der Waals surface area (Å²) in [5, 5.41) is -0.108. The molecule has 3 nitrogen and oxygen atoms in total. The maximum Gasteiger partial charge on any atom is 0.196 e. The number of hydrogen-bond acceptors (Lipinski definition) is 3. The molecule has 0 saturated carbocycles. The van der Waals surface area contributed by atoms with E-state index in [1.165, 1.54) is 26.4 Å². The summed E-state index contributed by atoms with van der Waals surface area (Å²) in [6.45, 7) is 0. The standard InChI is InChI=1S/C15H11BrClFO3/c1-20-13-7-10(16)14(21-2)6-9(13)15(19)8-3-4-12(18)11(17)5-8/h3-7H,1-2H3. The van der Waals surface area contributed by atoms with Crippen LogP contribution in [0.15, 0.2) is 34.8 Å². The average molecular weight is 374 g/mol. The highest BCUT2D eigenvalue weighted by Gasteiger charge is 2.18. The topological polar surface area (TPSA) is 35.5 Å². The number of ketones is 1. The molecule has 110 valence electrons. The smallest absolute Gasteiger partial charge is 0.196 e. The summed E-state index contributed by atoms with van der Waals surface area (Å²) in [6.07, 6.45) is 0. The van der Waals surface area contributed by atoms with Gasteiger partial charge in [-0.1, -0.05) is 11.6 Å². The Morgan fingerprint density at radius 3 is 2.38 bits per heavy atom. The molecule has 0 aromatic heterocycles. The first-order valence-electron chi connectivity index (χ1n) is 5.89. The molecule has 6 heteroatoms. The van der Waals surface area contributed by atoms with Crippen molar-refractivity contribution in [3.63, 3.8) is 0 Å². The third-order valence-corrected chi connectivity index (χ3v) is 3.81. The van der Waals surface area contributed by atoms with Crippen molar-refractivity contribution in [2.24, 2.45) is 0 Å². The van der Waals surface area contributed by atoms with Crippen LogP contribution in [0.25, 0.3) is 0 Å². The summed E-state index contributed by atoms with van der Waals surface area (Å²) in [7, 11) is 2.96. The first-order valence-corrected chi connectivity index (χ1v) is 7.06. The number of halogens is 3. The van der Waals surface area contributed by atoms with Crippen molar-refractivity contribution in [3.05, 3.63) is 56.8 Å². The van der Waals surface area contributed by atoms with Crippen molar-refractivity contribution in [3.8, 4) is 11.5 Å². The molecule has 0 radical (unpaired) electrons. The Labute approximate surface area is 134 Å². The van der Waals surface area contributed by atoms with E-state index >= 15 is 0 Å². The Hall–Kier alpha value is -1.59. The number of hydrogen-bond donors (Lipinski definition) is 0. The van der Waals surface area contributed by atoms with Crippen LogP contribution in [-0.4, -0.2) is 20.0 Å². The molecular weight excluding hydrogens is 363 g/mol. The molecule has 0 amide bonds. The van der Waals surface area contributed by atoms with Gasteiger partial charge in [-0.15, -0.1) is 0 Å². The Kier molecular flexibility index (Phi) is 4.85. The zero-order chi connectivity index (χ0) is 15.6. The van der Waals surface area contributed by atoms with Gasteiger partial charge in [0.2, 0.25) is 0 Å². The first kappa shape index (κ1) is 15.8. The van der Waals surface area contributed by atoms with E-state index in [0.29, 0.717) is 21.5 Å². The van der Waals surface area contributed by atoms with Crippen molar-refractivity contribution < 1.29 is 18.7 Å². The summed E-state index contributed by atoms with van der Waals surface area (Å²) >= 11 is 9.03. The van der Waals surface area contributed by atoms with Gasteiger partial charge in [-0.3, -0.25) is 4.79 Å². The van der Waals surface area contributed by atoms with E-state index in [1.54, 1.807) is 12.1 Å². The molecule has 2 rings (SSSR count). The molecule has 0 saturated heterocycles. The molecule has 21 heavy (non-hydrogen) atoms. The highest BCUT2D eigenvalue weighted by atomic mass is 79.9. The van der Waals surface area contributed by atoms with Crippen LogP contribution in [0.3, 0.4) is 0 Å². The Morgan fingerprint density at radius 1 is 1.14 bits per heavy atom. The molecule has 2 aromatic carbocycles. The number of carbonyl (C=O) groups excluding carboxylic acids is 1. The van der Waals surface area contributed by atoms with E-state index in [2.05, 4.69) is 15.9 Å². The van der Waals surface area contributed by atoms with Gasteiger partial charge in [-0.2, -0.15) is 0 Å². The number of benzene rings is 2. The highest BCUT2D eigenvalue weighted by Crippen LogP contribution is 2.34. The third-order valence-electron chi connectivity index (χ3n) is 2.90. The van der Waals surface area contributed by atoms with E-state index in [9.17, 15) is 9.18 Å². The molecule has 0 fully saturated rings. The molecular formula is C15H11BrClFO3. The Bertz CT molecular complexity index is 704. The number of rotatable bonds is 4. The van der Waals surface area contributed by atoms with Crippen LogP contribution < -0.4 is 9.47 Å². The number of methoxy groups -OCH3 is 2. The van der Waals surface area contributed by atoms with E-state index in [-0.39, 0.29) is 16.4 Å². The molecule has 0 heterocycles. The summed E-state index contributed by atoms with van der Waals surface area (Å²) in [5.74, 6) is -0.0337.